The summed E-state index contributed by atoms with van der Waals surface area (Å²) in [7, 11) is 0. The smallest absolute Gasteiger partial charge is 0.253 e. The van der Waals surface area contributed by atoms with Crippen molar-refractivity contribution in [3.05, 3.63) is 60.0 Å². The van der Waals surface area contributed by atoms with Crippen molar-refractivity contribution in [2.24, 2.45) is 0 Å². The Morgan fingerprint density at radius 2 is 2.04 bits per heavy atom. The number of aryl methyl sites for hydroxylation is 1. The van der Waals surface area contributed by atoms with E-state index in [1.807, 2.05) is 53.6 Å². The lowest BCUT2D eigenvalue weighted by atomic mass is 10.1. The lowest BCUT2D eigenvalue weighted by Crippen LogP contribution is -2.28. The molecule has 2 aromatic heterocycles. The standard InChI is InChI=1S/C20H22N4O/c1-2-12-24-18(22-17-9-6-11-21-19(17)24)16-10-13-23(14-16)20(25)15-7-4-3-5-8-15/h3-9,11,16H,2,10,12-14H2,1H3. The van der Waals surface area contributed by atoms with Gasteiger partial charge >= 0.3 is 0 Å². The number of carbonyl (C=O) groups is 1. The number of hydrogen-bond donors (Lipinski definition) is 0. The fourth-order valence-electron chi connectivity index (χ4n) is 3.65. The minimum absolute atomic E-state index is 0.111. The summed E-state index contributed by atoms with van der Waals surface area (Å²) in [5, 5.41) is 0. The predicted octanol–water partition coefficient (Wildman–Crippen LogP) is 3.47. The Bertz CT molecular complexity index is 887. The van der Waals surface area contributed by atoms with Crippen LogP contribution in [0.2, 0.25) is 0 Å². The van der Waals surface area contributed by atoms with Gasteiger partial charge in [0, 0.05) is 37.3 Å². The first-order valence-corrected chi connectivity index (χ1v) is 8.93. The molecule has 0 spiro atoms. The van der Waals surface area contributed by atoms with Crippen LogP contribution in [-0.2, 0) is 6.54 Å². The average molecular weight is 334 g/mol. The van der Waals surface area contributed by atoms with Crippen molar-refractivity contribution in [1.29, 1.82) is 0 Å². The molecule has 0 saturated carbocycles. The van der Waals surface area contributed by atoms with E-state index in [4.69, 9.17) is 4.98 Å². The molecule has 0 radical (unpaired) electrons. The van der Waals surface area contributed by atoms with Crippen LogP contribution in [0, 0.1) is 0 Å². The van der Waals surface area contributed by atoms with Gasteiger partial charge in [-0.15, -0.1) is 0 Å². The monoisotopic (exact) mass is 334 g/mol. The van der Waals surface area contributed by atoms with Crippen molar-refractivity contribution < 1.29 is 4.79 Å². The minimum Gasteiger partial charge on any atom is -0.338 e. The minimum atomic E-state index is 0.111. The number of nitrogens with zero attached hydrogens (tertiary/aromatic N) is 4. The van der Waals surface area contributed by atoms with E-state index in [2.05, 4.69) is 16.5 Å². The van der Waals surface area contributed by atoms with Gasteiger partial charge in [0.15, 0.2) is 5.65 Å². The maximum atomic E-state index is 12.7. The highest BCUT2D eigenvalue weighted by atomic mass is 16.2. The number of rotatable bonds is 4. The highest BCUT2D eigenvalue weighted by molar-refractivity contribution is 5.94. The van der Waals surface area contributed by atoms with Gasteiger partial charge in [0.05, 0.1) is 0 Å². The van der Waals surface area contributed by atoms with E-state index >= 15 is 0 Å². The van der Waals surface area contributed by atoms with Gasteiger partial charge < -0.3 is 9.47 Å². The molecule has 1 aromatic carbocycles. The second kappa shape index (κ2) is 6.67. The van der Waals surface area contributed by atoms with Crippen molar-refractivity contribution in [2.45, 2.75) is 32.2 Å². The van der Waals surface area contributed by atoms with Gasteiger partial charge in [0.2, 0.25) is 0 Å². The third-order valence-electron chi connectivity index (χ3n) is 4.84. The molecule has 1 aliphatic rings. The zero-order chi connectivity index (χ0) is 17.2. The molecule has 0 aliphatic carbocycles. The summed E-state index contributed by atoms with van der Waals surface area (Å²) in [4.78, 5) is 24.0. The fraction of sp³-hybridized carbons (Fsp3) is 0.350. The third kappa shape index (κ3) is 2.90. The number of imidazole rings is 1. The van der Waals surface area contributed by atoms with E-state index in [0.717, 1.165) is 55.0 Å². The Balaban J connectivity index is 1.60. The van der Waals surface area contributed by atoms with Crippen molar-refractivity contribution in [2.75, 3.05) is 13.1 Å². The van der Waals surface area contributed by atoms with Crippen molar-refractivity contribution in [3.8, 4) is 0 Å². The zero-order valence-corrected chi connectivity index (χ0v) is 14.4. The summed E-state index contributed by atoms with van der Waals surface area (Å²) in [6.45, 7) is 4.58. The van der Waals surface area contributed by atoms with Crippen LogP contribution in [0.15, 0.2) is 48.7 Å². The Morgan fingerprint density at radius 3 is 2.84 bits per heavy atom. The summed E-state index contributed by atoms with van der Waals surface area (Å²) < 4.78 is 2.23. The number of pyridine rings is 1. The Labute approximate surface area is 147 Å². The molecule has 0 N–H and O–H groups in total. The van der Waals surface area contributed by atoms with Gasteiger partial charge in [-0.2, -0.15) is 0 Å². The Morgan fingerprint density at radius 1 is 1.20 bits per heavy atom. The van der Waals surface area contributed by atoms with Crippen LogP contribution in [0.25, 0.3) is 11.2 Å². The first-order valence-electron chi connectivity index (χ1n) is 8.93. The maximum Gasteiger partial charge on any atom is 0.253 e. The summed E-state index contributed by atoms with van der Waals surface area (Å²) >= 11 is 0. The highest BCUT2D eigenvalue weighted by Gasteiger charge is 2.31. The molecule has 1 unspecified atom stereocenters. The van der Waals surface area contributed by atoms with Gasteiger partial charge in [-0.25, -0.2) is 9.97 Å². The molecule has 1 aliphatic heterocycles. The number of benzene rings is 1. The normalized spacial score (nSPS) is 17.3. The SMILES string of the molecule is CCCn1c(C2CCN(C(=O)c3ccccc3)C2)nc2cccnc21. The van der Waals surface area contributed by atoms with Gasteiger partial charge in [0.1, 0.15) is 11.3 Å². The first kappa shape index (κ1) is 15.8. The molecule has 1 fully saturated rings. The highest BCUT2D eigenvalue weighted by Crippen LogP contribution is 2.30. The molecule has 25 heavy (non-hydrogen) atoms. The number of hydrogen-bond acceptors (Lipinski definition) is 3. The topological polar surface area (TPSA) is 51.0 Å². The maximum absolute atomic E-state index is 12.7. The third-order valence-corrected chi connectivity index (χ3v) is 4.84. The summed E-state index contributed by atoms with van der Waals surface area (Å²) in [5.74, 6) is 1.45. The second-order valence-corrected chi connectivity index (χ2v) is 6.57. The van der Waals surface area contributed by atoms with Crippen LogP contribution in [0.4, 0.5) is 0 Å². The van der Waals surface area contributed by atoms with Crippen molar-refractivity contribution in [3.63, 3.8) is 0 Å². The van der Waals surface area contributed by atoms with Gasteiger partial charge in [0.25, 0.3) is 5.91 Å². The lowest BCUT2D eigenvalue weighted by Gasteiger charge is -2.17. The number of aromatic nitrogens is 3. The van der Waals surface area contributed by atoms with Crippen LogP contribution in [0.5, 0.6) is 0 Å². The molecule has 1 saturated heterocycles. The number of fused-ring (bicyclic) bond motifs is 1. The molecule has 3 heterocycles. The van der Waals surface area contributed by atoms with E-state index in [1.165, 1.54) is 0 Å². The van der Waals surface area contributed by atoms with Gasteiger partial charge in [-0.3, -0.25) is 4.79 Å². The molecule has 3 aromatic rings. The van der Waals surface area contributed by atoms with E-state index in [1.54, 1.807) is 0 Å². The number of carbonyl (C=O) groups excluding carboxylic acids is 1. The van der Waals surface area contributed by atoms with Crippen LogP contribution in [-0.4, -0.2) is 38.4 Å². The van der Waals surface area contributed by atoms with Crippen molar-refractivity contribution >= 4 is 17.1 Å². The van der Waals surface area contributed by atoms with Crippen LogP contribution < -0.4 is 0 Å². The summed E-state index contributed by atoms with van der Waals surface area (Å²) in [5.41, 5.74) is 2.65. The molecular weight excluding hydrogens is 312 g/mol. The molecular formula is C20H22N4O. The van der Waals surface area contributed by atoms with Gasteiger partial charge in [-0.1, -0.05) is 25.1 Å². The zero-order valence-electron chi connectivity index (χ0n) is 14.4. The van der Waals surface area contributed by atoms with Crippen LogP contribution in [0.3, 0.4) is 0 Å². The molecule has 1 atom stereocenters. The van der Waals surface area contributed by atoms with Crippen LogP contribution >= 0.6 is 0 Å². The first-order chi connectivity index (χ1) is 12.3. The fourth-order valence-corrected chi connectivity index (χ4v) is 3.65. The molecule has 5 nitrogen and oxygen atoms in total. The van der Waals surface area contributed by atoms with Gasteiger partial charge in [-0.05, 0) is 37.1 Å². The van der Waals surface area contributed by atoms with E-state index in [-0.39, 0.29) is 11.8 Å². The summed E-state index contributed by atoms with van der Waals surface area (Å²) in [6.07, 6.45) is 3.81. The number of likely N-dealkylation sites (tertiary alicyclic amines) is 1. The van der Waals surface area contributed by atoms with Crippen molar-refractivity contribution in [1.82, 2.24) is 19.4 Å². The van der Waals surface area contributed by atoms with E-state index < -0.39 is 0 Å². The molecule has 5 heteroatoms. The lowest BCUT2D eigenvalue weighted by molar-refractivity contribution is 0.0790. The molecule has 128 valence electrons. The predicted molar refractivity (Wildman–Crippen MR) is 97.5 cm³/mol. The Hall–Kier alpha value is -2.69. The molecule has 4 rings (SSSR count). The van der Waals surface area contributed by atoms with E-state index in [9.17, 15) is 4.79 Å². The second-order valence-electron chi connectivity index (χ2n) is 6.57. The summed E-state index contributed by atoms with van der Waals surface area (Å²) in [6, 6.07) is 13.5. The molecule has 1 amide bonds. The molecule has 0 bridgehead atoms. The average Bonchev–Trinajstić information content (AvgIpc) is 3.27. The quantitative estimate of drug-likeness (QED) is 0.734. The largest absolute Gasteiger partial charge is 0.338 e. The van der Waals surface area contributed by atoms with Crippen LogP contribution in [0.1, 0.15) is 41.9 Å². The van der Waals surface area contributed by atoms with E-state index in [0.29, 0.717) is 0 Å². The Kier molecular flexibility index (Phi) is 4.22. The number of amides is 1.